The Bertz CT molecular complexity index is 569. The molecule has 1 aliphatic heterocycles. The normalized spacial score (nSPS) is 16.3. The van der Waals surface area contributed by atoms with Gasteiger partial charge < -0.3 is 15.4 Å². The van der Waals surface area contributed by atoms with E-state index in [2.05, 4.69) is 9.62 Å². The Morgan fingerprint density at radius 1 is 1.33 bits per heavy atom. The second-order valence-corrected chi connectivity index (χ2v) is 6.87. The number of nitrogens with one attached hydrogen (secondary N) is 1. The number of nitrogens with zero attached hydrogens (tertiary/aromatic N) is 1. The van der Waals surface area contributed by atoms with Crippen molar-refractivity contribution in [3.8, 4) is 5.75 Å². The van der Waals surface area contributed by atoms with E-state index in [9.17, 15) is 8.42 Å². The van der Waals surface area contributed by atoms with Crippen LogP contribution in [0.3, 0.4) is 0 Å². The van der Waals surface area contributed by atoms with Crippen molar-refractivity contribution in [1.29, 1.82) is 0 Å². The van der Waals surface area contributed by atoms with E-state index < -0.39 is 10.0 Å². The van der Waals surface area contributed by atoms with E-state index in [4.69, 9.17) is 10.5 Å². The first-order valence-electron chi connectivity index (χ1n) is 7.16. The number of ether oxygens (including phenoxy) is 1. The molecule has 2 rings (SSSR count). The summed E-state index contributed by atoms with van der Waals surface area (Å²) in [5.41, 5.74) is 6.33. The zero-order valence-corrected chi connectivity index (χ0v) is 13.2. The zero-order valence-electron chi connectivity index (χ0n) is 12.3. The van der Waals surface area contributed by atoms with E-state index in [-0.39, 0.29) is 4.90 Å². The van der Waals surface area contributed by atoms with E-state index in [1.54, 1.807) is 18.2 Å². The third kappa shape index (κ3) is 4.16. The maximum atomic E-state index is 12.4. The van der Waals surface area contributed by atoms with Crippen molar-refractivity contribution in [2.45, 2.75) is 24.3 Å². The highest BCUT2D eigenvalue weighted by atomic mass is 32.2. The number of sulfonamides is 1. The molecule has 0 aromatic heterocycles. The van der Waals surface area contributed by atoms with E-state index in [0.717, 1.165) is 25.2 Å². The first-order valence-corrected chi connectivity index (χ1v) is 8.64. The van der Waals surface area contributed by atoms with Gasteiger partial charge in [-0.05, 0) is 43.6 Å². The molecule has 1 aliphatic rings. The predicted molar refractivity (Wildman–Crippen MR) is 81.7 cm³/mol. The lowest BCUT2D eigenvalue weighted by atomic mass is 10.2. The average Bonchev–Trinajstić information content (AvgIpc) is 2.99. The fraction of sp³-hybridized carbons (Fsp3) is 0.571. The second-order valence-electron chi connectivity index (χ2n) is 5.14. The molecule has 0 atom stereocenters. The van der Waals surface area contributed by atoms with Gasteiger partial charge in [0, 0.05) is 19.6 Å². The van der Waals surface area contributed by atoms with Gasteiger partial charge in [0.1, 0.15) is 10.6 Å². The van der Waals surface area contributed by atoms with Gasteiger partial charge in [0.05, 0.1) is 7.11 Å². The Hall–Kier alpha value is -1.15. The van der Waals surface area contributed by atoms with Gasteiger partial charge in [-0.2, -0.15) is 0 Å². The first-order chi connectivity index (χ1) is 10.1. The Labute approximate surface area is 126 Å². The zero-order chi connectivity index (χ0) is 15.3. The molecule has 0 radical (unpaired) electrons. The lowest BCUT2D eigenvalue weighted by molar-refractivity contribution is 0.344. The molecule has 0 spiro atoms. The van der Waals surface area contributed by atoms with Crippen molar-refractivity contribution in [3.63, 3.8) is 0 Å². The van der Waals surface area contributed by atoms with Crippen molar-refractivity contribution >= 4 is 10.0 Å². The topological polar surface area (TPSA) is 84.7 Å². The lowest BCUT2D eigenvalue weighted by Crippen LogP contribution is -2.33. The molecule has 6 nitrogen and oxygen atoms in total. The summed E-state index contributed by atoms with van der Waals surface area (Å²) in [6.07, 6.45) is 2.39. The van der Waals surface area contributed by atoms with Gasteiger partial charge in [-0.1, -0.05) is 6.07 Å². The summed E-state index contributed by atoms with van der Waals surface area (Å²) in [4.78, 5) is 2.41. The standard InChI is InChI=1S/C14H23N3O3S/c1-20-13-5-4-12(11-15)10-14(13)21(18,19)16-6-9-17-7-2-3-8-17/h4-5,10,16H,2-3,6-9,11,15H2,1H3. The van der Waals surface area contributed by atoms with Gasteiger partial charge in [0.2, 0.25) is 10.0 Å². The monoisotopic (exact) mass is 313 g/mol. The number of likely N-dealkylation sites (tertiary alicyclic amines) is 1. The number of hydrogen-bond donors (Lipinski definition) is 2. The van der Waals surface area contributed by atoms with Crippen molar-refractivity contribution in [3.05, 3.63) is 23.8 Å². The largest absolute Gasteiger partial charge is 0.495 e. The molecule has 0 aliphatic carbocycles. The number of rotatable bonds is 7. The molecular weight excluding hydrogens is 290 g/mol. The molecule has 0 unspecified atom stereocenters. The minimum atomic E-state index is -3.58. The van der Waals surface area contributed by atoms with Gasteiger partial charge in [0.25, 0.3) is 0 Å². The van der Waals surface area contributed by atoms with Crippen LogP contribution in [0.4, 0.5) is 0 Å². The van der Waals surface area contributed by atoms with Crippen LogP contribution in [0.2, 0.25) is 0 Å². The third-order valence-electron chi connectivity index (χ3n) is 3.67. The van der Waals surface area contributed by atoms with E-state index in [0.29, 0.717) is 18.8 Å². The minimum absolute atomic E-state index is 0.148. The molecular formula is C14H23N3O3S. The lowest BCUT2D eigenvalue weighted by Gasteiger charge is -2.16. The van der Waals surface area contributed by atoms with Crippen LogP contribution < -0.4 is 15.2 Å². The Kier molecular flexibility index (Phi) is 5.58. The highest BCUT2D eigenvalue weighted by Crippen LogP contribution is 2.24. The molecule has 0 saturated carbocycles. The number of nitrogens with two attached hydrogens (primary N) is 1. The smallest absolute Gasteiger partial charge is 0.244 e. The second kappa shape index (κ2) is 7.22. The maximum absolute atomic E-state index is 12.4. The van der Waals surface area contributed by atoms with Crippen LogP contribution in [0.1, 0.15) is 18.4 Å². The predicted octanol–water partition coefficient (Wildman–Crippen LogP) is 0.528. The molecule has 21 heavy (non-hydrogen) atoms. The van der Waals surface area contributed by atoms with Crippen LogP contribution >= 0.6 is 0 Å². The summed E-state index contributed by atoms with van der Waals surface area (Å²) in [6.45, 7) is 3.53. The van der Waals surface area contributed by atoms with E-state index >= 15 is 0 Å². The van der Waals surface area contributed by atoms with E-state index in [1.807, 2.05) is 0 Å². The van der Waals surface area contributed by atoms with Crippen LogP contribution in [0.5, 0.6) is 5.75 Å². The van der Waals surface area contributed by atoms with Gasteiger partial charge in [0.15, 0.2) is 0 Å². The SMILES string of the molecule is COc1ccc(CN)cc1S(=O)(=O)NCCN1CCCC1. The first kappa shape index (κ1) is 16.2. The average molecular weight is 313 g/mol. The number of methoxy groups -OCH3 is 1. The Morgan fingerprint density at radius 3 is 2.67 bits per heavy atom. The van der Waals surface area contributed by atoms with Gasteiger partial charge in [-0.25, -0.2) is 13.1 Å². The van der Waals surface area contributed by atoms with Crippen LogP contribution in [-0.4, -0.2) is 46.6 Å². The molecule has 1 aromatic rings. The summed E-state index contributed by atoms with van der Waals surface area (Å²) < 4.78 is 32.6. The number of benzene rings is 1. The van der Waals surface area contributed by atoms with Crippen molar-refractivity contribution in [1.82, 2.24) is 9.62 Å². The molecule has 0 amide bonds. The maximum Gasteiger partial charge on any atom is 0.244 e. The van der Waals surface area contributed by atoms with Crippen LogP contribution in [-0.2, 0) is 16.6 Å². The Morgan fingerprint density at radius 2 is 2.05 bits per heavy atom. The Balaban J connectivity index is 2.06. The summed E-state index contributed by atoms with van der Waals surface area (Å²) in [6, 6.07) is 4.97. The summed E-state index contributed by atoms with van der Waals surface area (Å²) in [5.74, 6) is 0.334. The minimum Gasteiger partial charge on any atom is -0.495 e. The number of hydrogen-bond acceptors (Lipinski definition) is 5. The molecule has 7 heteroatoms. The van der Waals surface area contributed by atoms with Crippen LogP contribution in [0, 0.1) is 0 Å². The van der Waals surface area contributed by atoms with Crippen LogP contribution in [0.25, 0.3) is 0 Å². The summed E-state index contributed by atoms with van der Waals surface area (Å²) in [5, 5.41) is 0. The van der Waals surface area contributed by atoms with Gasteiger partial charge in [-0.15, -0.1) is 0 Å². The molecule has 1 saturated heterocycles. The fourth-order valence-electron chi connectivity index (χ4n) is 2.48. The van der Waals surface area contributed by atoms with Crippen LogP contribution in [0.15, 0.2) is 23.1 Å². The molecule has 3 N–H and O–H groups in total. The molecule has 1 heterocycles. The third-order valence-corrected chi connectivity index (χ3v) is 5.15. The molecule has 1 fully saturated rings. The molecule has 118 valence electrons. The highest BCUT2D eigenvalue weighted by Gasteiger charge is 2.20. The van der Waals surface area contributed by atoms with Crippen molar-refractivity contribution in [2.24, 2.45) is 5.73 Å². The molecule has 1 aromatic carbocycles. The fourth-order valence-corrected chi connectivity index (χ4v) is 3.72. The quantitative estimate of drug-likeness (QED) is 0.767. The van der Waals surface area contributed by atoms with Gasteiger partial charge in [-0.3, -0.25) is 0 Å². The van der Waals surface area contributed by atoms with Gasteiger partial charge >= 0.3 is 0 Å². The van der Waals surface area contributed by atoms with E-state index in [1.165, 1.54) is 20.0 Å². The summed E-state index contributed by atoms with van der Waals surface area (Å²) >= 11 is 0. The molecule has 0 bridgehead atoms. The highest BCUT2D eigenvalue weighted by molar-refractivity contribution is 7.89. The van der Waals surface area contributed by atoms with Crippen molar-refractivity contribution < 1.29 is 13.2 Å². The summed E-state index contributed by atoms with van der Waals surface area (Å²) in [7, 11) is -2.13. The van der Waals surface area contributed by atoms with Crippen molar-refractivity contribution in [2.75, 3.05) is 33.3 Å².